The minimum atomic E-state index is -1.31. The van der Waals surface area contributed by atoms with Crippen LogP contribution in [0, 0.1) is 0 Å². The molecule has 0 saturated carbocycles. The molecule has 4 atom stereocenters. The van der Waals surface area contributed by atoms with Gasteiger partial charge >= 0.3 is 94.7 Å². The van der Waals surface area contributed by atoms with Crippen molar-refractivity contribution >= 4 is 34.1 Å². The van der Waals surface area contributed by atoms with E-state index in [-0.39, 0.29) is 5.82 Å². The monoisotopic (exact) mass is 517 g/mol. The fraction of sp³-hybridized carbons (Fsp3) is 0.238. The predicted molar refractivity (Wildman–Crippen MR) is 114 cm³/mol. The molecule has 0 aliphatic carbocycles. The third-order valence-electron chi connectivity index (χ3n) is 4.48. The first kappa shape index (κ1) is 22.4. The summed E-state index contributed by atoms with van der Waals surface area (Å²) in [5, 5.41) is 28.2. The minimum absolute atomic E-state index is 0.0537. The zero-order chi connectivity index (χ0) is 21.5. The Morgan fingerprint density at radius 2 is 1.53 bits per heavy atom. The number of nitrogens with two attached hydrogens (primary N) is 1. The molecule has 30 heavy (non-hydrogen) atoms. The van der Waals surface area contributed by atoms with Gasteiger partial charge in [-0.2, -0.15) is 4.98 Å². The second kappa shape index (κ2) is 10.7. The van der Waals surface area contributed by atoms with E-state index < -0.39 is 58.0 Å². The number of benzene rings is 2. The van der Waals surface area contributed by atoms with Crippen LogP contribution in [0.5, 0.6) is 0 Å². The Labute approximate surface area is 183 Å². The van der Waals surface area contributed by atoms with E-state index in [0.29, 0.717) is 0 Å². The fourth-order valence-electron chi connectivity index (χ4n) is 2.94. The van der Waals surface area contributed by atoms with Crippen LogP contribution in [0.25, 0.3) is 0 Å². The zero-order valence-corrected chi connectivity index (χ0v) is 18.9. The molecule has 4 unspecified atom stereocenters. The van der Waals surface area contributed by atoms with Crippen molar-refractivity contribution in [3.05, 3.63) is 83.4 Å². The zero-order valence-electron chi connectivity index (χ0n) is 16.1. The molecule has 0 spiro atoms. The van der Waals surface area contributed by atoms with Gasteiger partial charge in [0.2, 0.25) is 0 Å². The third-order valence-corrected chi connectivity index (χ3v) is 8.03. The van der Waals surface area contributed by atoms with Gasteiger partial charge < -0.3 is 25.8 Å². The van der Waals surface area contributed by atoms with Crippen LogP contribution in [0.4, 0.5) is 5.82 Å². The van der Waals surface area contributed by atoms with Crippen molar-refractivity contribution in [2.45, 2.75) is 24.5 Å². The molecule has 2 heterocycles. The summed E-state index contributed by atoms with van der Waals surface area (Å²) >= 11 is -0.517. The molecule has 5 N–H and O–H groups in total. The molecular weight excluding hydrogens is 493 g/mol. The van der Waals surface area contributed by atoms with E-state index in [4.69, 9.17) is 15.6 Å². The van der Waals surface area contributed by atoms with Gasteiger partial charge in [0.05, 0.1) is 6.61 Å². The van der Waals surface area contributed by atoms with E-state index >= 15 is 0 Å². The van der Waals surface area contributed by atoms with Gasteiger partial charge in [-0.25, -0.2) is 4.79 Å². The summed E-state index contributed by atoms with van der Waals surface area (Å²) in [5.74, 6) is 0.0537. The molecular formula is C21H23N3O5Sn. The topological polar surface area (TPSA) is 131 Å². The molecule has 1 aromatic heterocycles. The van der Waals surface area contributed by atoms with E-state index in [1.165, 1.54) is 19.4 Å². The summed E-state index contributed by atoms with van der Waals surface area (Å²) in [4.78, 5) is 15.0. The first-order chi connectivity index (χ1) is 14.5. The Morgan fingerprint density at radius 1 is 0.967 bits per heavy atom. The molecule has 2 radical (unpaired) electrons. The van der Waals surface area contributed by atoms with Crippen LogP contribution in [-0.2, 0) is 4.74 Å². The van der Waals surface area contributed by atoms with Crippen LogP contribution in [0.1, 0.15) is 6.23 Å². The Balaban J connectivity index is 0.000000177. The third kappa shape index (κ3) is 5.67. The predicted octanol–water partition coefficient (Wildman–Crippen LogP) is -1.22. The molecule has 1 saturated heterocycles. The van der Waals surface area contributed by atoms with Crippen LogP contribution < -0.4 is 18.6 Å². The van der Waals surface area contributed by atoms with Gasteiger partial charge in [-0.05, 0) is 6.07 Å². The molecule has 3 aromatic rings. The molecule has 8 nitrogen and oxygen atoms in total. The maximum atomic E-state index is 11.5. The molecule has 0 bridgehead atoms. The maximum absolute atomic E-state index is 11.5. The first-order valence-corrected chi connectivity index (χ1v) is 12.2. The fourth-order valence-corrected chi connectivity index (χ4v) is 5.94. The van der Waals surface area contributed by atoms with Crippen molar-refractivity contribution in [1.29, 1.82) is 0 Å². The Bertz CT molecular complexity index is 949. The Kier molecular flexibility index (Phi) is 8.00. The van der Waals surface area contributed by atoms with E-state index in [0.717, 1.165) is 4.57 Å². The second-order valence-corrected chi connectivity index (χ2v) is 10.6. The summed E-state index contributed by atoms with van der Waals surface area (Å²) in [6, 6.07) is 23.0. The van der Waals surface area contributed by atoms with Crippen molar-refractivity contribution in [2.24, 2.45) is 0 Å². The number of rotatable bonds is 4. The van der Waals surface area contributed by atoms with Crippen LogP contribution in [-0.4, -0.2) is 70.9 Å². The SMILES string of the molecule is Nc1ccn(C2OC(CO)C(O)C2O)c(=O)n1.c1cc[c]([Sn][c]2ccccc2)cc1. The quantitative estimate of drug-likeness (QED) is 0.320. The van der Waals surface area contributed by atoms with Crippen LogP contribution >= 0.6 is 0 Å². The van der Waals surface area contributed by atoms with E-state index in [1.807, 2.05) is 0 Å². The summed E-state index contributed by atoms with van der Waals surface area (Å²) in [7, 11) is 0. The summed E-state index contributed by atoms with van der Waals surface area (Å²) in [5.41, 5.74) is 4.63. The van der Waals surface area contributed by atoms with Crippen molar-refractivity contribution in [3.8, 4) is 0 Å². The molecule has 1 aliphatic heterocycles. The van der Waals surface area contributed by atoms with Gasteiger partial charge in [-0.1, -0.05) is 0 Å². The number of nitrogens with zero attached hydrogens (tertiary/aromatic N) is 2. The van der Waals surface area contributed by atoms with Gasteiger partial charge in [0, 0.05) is 6.20 Å². The molecule has 4 rings (SSSR count). The Hall–Kier alpha value is -2.24. The van der Waals surface area contributed by atoms with E-state index in [2.05, 4.69) is 65.6 Å². The van der Waals surface area contributed by atoms with Crippen LogP contribution in [0.3, 0.4) is 0 Å². The summed E-state index contributed by atoms with van der Waals surface area (Å²) < 4.78 is 9.27. The number of anilines is 1. The van der Waals surface area contributed by atoms with Crippen molar-refractivity contribution in [3.63, 3.8) is 0 Å². The summed E-state index contributed by atoms with van der Waals surface area (Å²) in [6.07, 6.45) is -3.27. The molecule has 0 amide bonds. The number of hydrogen-bond acceptors (Lipinski definition) is 7. The molecule has 1 aliphatic rings. The molecule has 156 valence electrons. The number of hydrogen-bond donors (Lipinski definition) is 4. The molecule has 2 aromatic carbocycles. The van der Waals surface area contributed by atoms with E-state index in [9.17, 15) is 15.0 Å². The van der Waals surface area contributed by atoms with Crippen LogP contribution in [0.15, 0.2) is 77.7 Å². The standard InChI is InChI=1S/C9H13N3O5.2C6H5.Sn/c10-5-1-2-12(9(16)11-5)8-7(15)6(14)4(3-13)17-8;2*1-2-4-6-5-3-1;/h1-2,4,6-8,13-15H,3H2,(H2,10,11,16);2*1-5H;. The molecule has 1 fully saturated rings. The van der Waals surface area contributed by atoms with Gasteiger partial charge in [0.15, 0.2) is 6.23 Å². The average molecular weight is 516 g/mol. The van der Waals surface area contributed by atoms with E-state index in [1.54, 1.807) is 0 Å². The first-order valence-electron chi connectivity index (χ1n) is 9.34. The number of ether oxygens (including phenoxy) is 1. The number of aliphatic hydroxyl groups is 3. The van der Waals surface area contributed by atoms with Crippen molar-refractivity contribution in [2.75, 3.05) is 12.3 Å². The van der Waals surface area contributed by atoms with Gasteiger partial charge in [0.25, 0.3) is 0 Å². The molecule has 9 heteroatoms. The average Bonchev–Trinajstić information content (AvgIpc) is 3.04. The summed E-state index contributed by atoms with van der Waals surface area (Å²) in [6.45, 7) is -0.453. The van der Waals surface area contributed by atoms with Crippen molar-refractivity contribution in [1.82, 2.24) is 9.55 Å². The van der Waals surface area contributed by atoms with Gasteiger partial charge in [-0.15, -0.1) is 0 Å². The number of nitrogen functional groups attached to an aromatic ring is 1. The Morgan fingerprint density at radius 3 is 2.00 bits per heavy atom. The van der Waals surface area contributed by atoms with Gasteiger partial charge in [0.1, 0.15) is 24.1 Å². The number of aliphatic hydroxyl groups excluding tert-OH is 3. The second-order valence-electron chi connectivity index (χ2n) is 6.63. The van der Waals surface area contributed by atoms with Crippen LogP contribution in [0.2, 0.25) is 0 Å². The normalized spacial score (nSPS) is 22.9. The number of aromatic nitrogens is 2. The van der Waals surface area contributed by atoms with Gasteiger partial charge in [-0.3, -0.25) is 4.57 Å². The van der Waals surface area contributed by atoms with Crippen molar-refractivity contribution < 1.29 is 20.1 Å².